The predicted molar refractivity (Wildman–Crippen MR) is 60.4 cm³/mol. The monoisotopic (exact) mass is 210 g/mol. The predicted octanol–water partition coefficient (Wildman–Crippen LogP) is 1.93. The Balaban J connectivity index is 2.42. The van der Waals surface area contributed by atoms with Gasteiger partial charge in [0.15, 0.2) is 0 Å². The molecular weight excluding hydrogens is 192 g/mol. The van der Waals surface area contributed by atoms with Gasteiger partial charge in [-0.15, -0.1) is 0 Å². The van der Waals surface area contributed by atoms with E-state index < -0.39 is 0 Å². The van der Waals surface area contributed by atoms with Crippen molar-refractivity contribution in [3.05, 3.63) is 18.3 Å². The summed E-state index contributed by atoms with van der Waals surface area (Å²) in [5.74, 6) is 1.63. The third kappa shape index (κ3) is 4.65. The van der Waals surface area contributed by atoms with Gasteiger partial charge >= 0.3 is 0 Å². The number of anilines is 1. The number of pyridine rings is 1. The van der Waals surface area contributed by atoms with Crippen molar-refractivity contribution in [3.8, 4) is 5.75 Å². The number of methoxy groups -OCH3 is 1. The van der Waals surface area contributed by atoms with Crippen LogP contribution < -0.4 is 10.1 Å². The SMILES string of the molecule is COCCOc1ccc(NC(C)C)nc1. The molecule has 0 unspecified atom stereocenters. The Kier molecular flexibility index (Phi) is 4.90. The molecular formula is C11H18N2O2. The maximum absolute atomic E-state index is 5.39. The number of hydrogen-bond acceptors (Lipinski definition) is 4. The van der Waals surface area contributed by atoms with Crippen LogP contribution in [0.15, 0.2) is 18.3 Å². The van der Waals surface area contributed by atoms with E-state index >= 15 is 0 Å². The first-order valence-electron chi connectivity index (χ1n) is 5.06. The number of ether oxygens (including phenoxy) is 2. The van der Waals surface area contributed by atoms with E-state index in [4.69, 9.17) is 9.47 Å². The second kappa shape index (κ2) is 6.24. The zero-order valence-corrected chi connectivity index (χ0v) is 9.49. The Bertz CT molecular complexity index is 272. The molecule has 0 aliphatic heterocycles. The fraction of sp³-hybridized carbons (Fsp3) is 0.545. The molecule has 0 spiro atoms. The van der Waals surface area contributed by atoms with Gasteiger partial charge in [-0.1, -0.05) is 0 Å². The lowest BCUT2D eigenvalue weighted by Gasteiger charge is -2.09. The highest BCUT2D eigenvalue weighted by atomic mass is 16.5. The van der Waals surface area contributed by atoms with E-state index in [1.54, 1.807) is 13.3 Å². The molecule has 4 heteroatoms. The van der Waals surface area contributed by atoms with Crippen molar-refractivity contribution in [1.29, 1.82) is 0 Å². The van der Waals surface area contributed by atoms with Crippen molar-refractivity contribution in [2.24, 2.45) is 0 Å². The van der Waals surface area contributed by atoms with Crippen molar-refractivity contribution in [1.82, 2.24) is 4.98 Å². The van der Waals surface area contributed by atoms with E-state index in [1.807, 2.05) is 12.1 Å². The maximum atomic E-state index is 5.39. The summed E-state index contributed by atoms with van der Waals surface area (Å²) in [7, 11) is 1.65. The quantitative estimate of drug-likeness (QED) is 0.728. The van der Waals surface area contributed by atoms with Crippen LogP contribution in [-0.2, 0) is 4.74 Å². The van der Waals surface area contributed by atoms with E-state index in [0.29, 0.717) is 19.3 Å². The van der Waals surface area contributed by atoms with E-state index in [1.165, 1.54) is 0 Å². The minimum atomic E-state index is 0.387. The number of nitrogens with zero attached hydrogens (tertiary/aromatic N) is 1. The van der Waals surface area contributed by atoms with Crippen LogP contribution in [-0.4, -0.2) is 31.3 Å². The van der Waals surface area contributed by atoms with Crippen LogP contribution in [0.5, 0.6) is 5.75 Å². The van der Waals surface area contributed by atoms with Crippen LogP contribution in [0.4, 0.5) is 5.82 Å². The van der Waals surface area contributed by atoms with Gasteiger partial charge in [-0.25, -0.2) is 4.98 Å². The molecule has 0 bridgehead atoms. The van der Waals surface area contributed by atoms with E-state index in [-0.39, 0.29) is 0 Å². The molecule has 1 rings (SSSR count). The van der Waals surface area contributed by atoms with Gasteiger partial charge in [-0.3, -0.25) is 0 Å². The van der Waals surface area contributed by atoms with Gasteiger partial charge in [0.2, 0.25) is 0 Å². The Hall–Kier alpha value is -1.29. The van der Waals surface area contributed by atoms with Crippen LogP contribution in [0.2, 0.25) is 0 Å². The molecule has 1 aromatic rings. The Labute approximate surface area is 90.6 Å². The standard InChI is InChI=1S/C11H18N2O2/c1-9(2)13-11-5-4-10(8-12-11)15-7-6-14-3/h4-5,8-9H,6-7H2,1-3H3,(H,12,13). The highest BCUT2D eigenvalue weighted by Gasteiger charge is 1.97. The molecule has 0 atom stereocenters. The van der Waals surface area contributed by atoms with Crippen LogP contribution in [0, 0.1) is 0 Å². The van der Waals surface area contributed by atoms with Crippen LogP contribution in [0.25, 0.3) is 0 Å². The van der Waals surface area contributed by atoms with E-state index in [2.05, 4.69) is 24.1 Å². The first-order valence-corrected chi connectivity index (χ1v) is 5.06. The summed E-state index contributed by atoms with van der Waals surface area (Å²) in [6.45, 7) is 5.29. The molecule has 0 aliphatic carbocycles. The van der Waals surface area contributed by atoms with Crippen molar-refractivity contribution in [2.45, 2.75) is 19.9 Å². The molecule has 1 aromatic heterocycles. The number of nitrogens with one attached hydrogen (secondary N) is 1. The molecule has 0 saturated heterocycles. The van der Waals surface area contributed by atoms with Crippen molar-refractivity contribution < 1.29 is 9.47 Å². The van der Waals surface area contributed by atoms with E-state index in [0.717, 1.165) is 11.6 Å². The minimum Gasteiger partial charge on any atom is -0.490 e. The van der Waals surface area contributed by atoms with Crippen LogP contribution in [0.1, 0.15) is 13.8 Å². The molecule has 4 nitrogen and oxygen atoms in total. The summed E-state index contributed by atoms with van der Waals surface area (Å²) < 4.78 is 10.3. The molecule has 15 heavy (non-hydrogen) atoms. The van der Waals surface area contributed by atoms with Crippen molar-refractivity contribution in [2.75, 3.05) is 25.6 Å². The summed E-state index contributed by atoms with van der Waals surface area (Å²) >= 11 is 0. The fourth-order valence-electron chi connectivity index (χ4n) is 1.09. The number of aromatic nitrogens is 1. The highest BCUT2D eigenvalue weighted by molar-refractivity contribution is 5.37. The van der Waals surface area contributed by atoms with Gasteiger partial charge in [0.05, 0.1) is 12.8 Å². The summed E-state index contributed by atoms with van der Waals surface area (Å²) in [6.07, 6.45) is 1.71. The number of hydrogen-bond donors (Lipinski definition) is 1. The molecule has 0 amide bonds. The molecule has 0 aromatic carbocycles. The molecule has 1 heterocycles. The molecule has 0 fully saturated rings. The Morgan fingerprint density at radius 3 is 2.67 bits per heavy atom. The van der Waals surface area contributed by atoms with Crippen molar-refractivity contribution in [3.63, 3.8) is 0 Å². The van der Waals surface area contributed by atoms with Crippen molar-refractivity contribution >= 4 is 5.82 Å². The largest absolute Gasteiger partial charge is 0.490 e. The molecule has 84 valence electrons. The second-order valence-corrected chi connectivity index (χ2v) is 3.52. The smallest absolute Gasteiger partial charge is 0.137 e. The topological polar surface area (TPSA) is 43.4 Å². The Morgan fingerprint density at radius 1 is 1.33 bits per heavy atom. The highest BCUT2D eigenvalue weighted by Crippen LogP contribution is 2.12. The van der Waals surface area contributed by atoms with Gasteiger partial charge < -0.3 is 14.8 Å². The summed E-state index contributed by atoms with van der Waals surface area (Å²) in [6, 6.07) is 4.19. The lowest BCUT2D eigenvalue weighted by atomic mass is 10.3. The molecule has 1 N–H and O–H groups in total. The Morgan fingerprint density at radius 2 is 2.13 bits per heavy atom. The molecule has 0 saturated carbocycles. The average molecular weight is 210 g/mol. The zero-order chi connectivity index (χ0) is 11.1. The molecule has 0 aliphatic rings. The third-order valence-corrected chi connectivity index (χ3v) is 1.73. The lowest BCUT2D eigenvalue weighted by Crippen LogP contribution is -2.11. The molecule has 0 radical (unpaired) electrons. The van der Waals surface area contributed by atoms with Gasteiger partial charge in [0, 0.05) is 13.2 Å². The maximum Gasteiger partial charge on any atom is 0.137 e. The fourth-order valence-corrected chi connectivity index (χ4v) is 1.09. The summed E-state index contributed by atoms with van der Waals surface area (Å²) in [5.41, 5.74) is 0. The average Bonchev–Trinajstić information content (AvgIpc) is 2.20. The summed E-state index contributed by atoms with van der Waals surface area (Å²) in [4.78, 5) is 4.22. The third-order valence-electron chi connectivity index (χ3n) is 1.73. The normalized spacial score (nSPS) is 10.4. The first kappa shape index (κ1) is 11.8. The number of rotatable bonds is 6. The second-order valence-electron chi connectivity index (χ2n) is 3.52. The lowest BCUT2D eigenvalue weighted by molar-refractivity contribution is 0.146. The van der Waals surface area contributed by atoms with Crippen LogP contribution >= 0.6 is 0 Å². The van der Waals surface area contributed by atoms with Gasteiger partial charge in [-0.2, -0.15) is 0 Å². The minimum absolute atomic E-state index is 0.387. The van der Waals surface area contributed by atoms with Gasteiger partial charge in [0.25, 0.3) is 0 Å². The van der Waals surface area contributed by atoms with Gasteiger partial charge in [-0.05, 0) is 26.0 Å². The van der Waals surface area contributed by atoms with E-state index in [9.17, 15) is 0 Å². The van der Waals surface area contributed by atoms with Gasteiger partial charge in [0.1, 0.15) is 18.2 Å². The zero-order valence-electron chi connectivity index (χ0n) is 9.49. The first-order chi connectivity index (χ1) is 7.22. The van der Waals surface area contributed by atoms with Crippen LogP contribution in [0.3, 0.4) is 0 Å². The summed E-state index contributed by atoms with van der Waals surface area (Å²) in [5, 5.41) is 3.21.